The van der Waals surface area contributed by atoms with E-state index in [1.54, 1.807) is 26.4 Å². The molecule has 0 aliphatic heterocycles. The van der Waals surface area contributed by atoms with Crippen molar-refractivity contribution in [2.75, 3.05) is 14.2 Å². The monoisotopic (exact) mass is 340 g/mol. The quantitative estimate of drug-likeness (QED) is 0.709. The van der Waals surface area contributed by atoms with Gasteiger partial charge in [0.2, 0.25) is 0 Å². The standard InChI is InChI=1S/C16H21BrO3/c1-19-15-9-12(13(17)10-16(15)20-2)14(18)8-7-11-5-3-4-6-11/h9-11H,3-8H2,1-2H3. The first-order chi connectivity index (χ1) is 9.65. The Morgan fingerprint density at radius 2 is 1.80 bits per heavy atom. The third-order valence-corrected chi connectivity index (χ3v) is 4.68. The van der Waals surface area contributed by atoms with Gasteiger partial charge in [0.05, 0.1) is 14.2 Å². The van der Waals surface area contributed by atoms with Gasteiger partial charge in [0.25, 0.3) is 0 Å². The molecule has 1 saturated carbocycles. The second-order valence-corrected chi connectivity index (χ2v) is 6.15. The van der Waals surface area contributed by atoms with Crippen molar-refractivity contribution >= 4 is 21.7 Å². The molecule has 0 aromatic heterocycles. The first kappa shape index (κ1) is 15.4. The fourth-order valence-electron chi connectivity index (χ4n) is 2.84. The Labute approximate surface area is 128 Å². The summed E-state index contributed by atoms with van der Waals surface area (Å²) >= 11 is 3.45. The number of ketones is 1. The van der Waals surface area contributed by atoms with E-state index in [1.165, 1.54) is 25.7 Å². The summed E-state index contributed by atoms with van der Waals surface area (Å²) in [6, 6.07) is 3.56. The minimum atomic E-state index is 0.171. The number of hydrogen-bond acceptors (Lipinski definition) is 3. The van der Waals surface area contributed by atoms with Crippen molar-refractivity contribution in [1.29, 1.82) is 0 Å². The molecular formula is C16H21BrO3. The molecule has 0 N–H and O–H groups in total. The maximum absolute atomic E-state index is 12.4. The number of benzene rings is 1. The Morgan fingerprint density at radius 1 is 1.20 bits per heavy atom. The van der Waals surface area contributed by atoms with Crippen LogP contribution < -0.4 is 9.47 Å². The fraction of sp³-hybridized carbons (Fsp3) is 0.562. The van der Waals surface area contributed by atoms with E-state index in [4.69, 9.17) is 9.47 Å². The highest BCUT2D eigenvalue weighted by Gasteiger charge is 2.19. The lowest BCUT2D eigenvalue weighted by atomic mass is 9.97. The number of ether oxygens (including phenoxy) is 2. The molecule has 20 heavy (non-hydrogen) atoms. The summed E-state index contributed by atoms with van der Waals surface area (Å²) in [5, 5.41) is 0. The third kappa shape index (κ3) is 3.54. The number of rotatable bonds is 6. The summed E-state index contributed by atoms with van der Waals surface area (Å²) in [5.74, 6) is 2.13. The van der Waals surface area contributed by atoms with E-state index in [2.05, 4.69) is 15.9 Å². The Balaban J connectivity index is 2.08. The lowest BCUT2D eigenvalue weighted by molar-refractivity contribution is 0.0972. The van der Waals surface area contributed by atoms with Crippen LogP contribution in [0, 0.1) is 5.92 Å². The second-order valence-electron chi connectivity index (χ2n) is 5.30. The van der Waals surface area contributed by atoms with Crippen molar-refractivity contribution in [3.63, 3.8) is 0 Å². The van der Waals surface area contributed by atoms with E-state index in [0.717, 1.165) is 16.8 Å². The maximum atomic E-state index is 12.4. The second kappa shape index (κ2) is 7.11. The normalized spacial score (nSPS) is 15.3. The van der Waals surface area contributed by atoms with Gasteiger partial charge in [-0.3, -0.25) is 4.79 Å². The summed E-state index contributed by atoms with van der Waals surface area (Å²) in [5.41, 5.74) is 0.681. The number of carbonyl (C=O) groups excluding carboxylic acids is 1. The molecular weight excluding hydrogens is 320 g/mol. The van der Waals surface area contributed by atoms with Crippen LogP contribution in [-0.2, 0) is 0 Å². The van der Waals surface area contributed by atoms with Crippen LogP contribution in [0.5, 0.6) is 11.5 Å². The van der Waals surface area contributed by atoms with Gasteiger partial charge in [0.1, 0.15) is 0 Å². The van der Waals surface area contributed by atoms with E-state index >= 15 is 0 Å². The van der Waals surface area contributed by atoms with Crippen LogP contribution in [0.2, 0.25) is 0 Å². The van der Waals surface area contributed by atoms with Gasteiger partial charge in [-0.2, -0.15) is 0 Å². The third-order valence-electron chi connectivity index (χ3n) is 4.03. The molecule has 4 heteroatoms. The van der Waals surface area contributed by atoms with Crippen molar-refractivity contribution in [3.8, 4) is 11.5 Å². The summed E-state index contributed by atoms with van der Waals surface area (Å²) in [6.07, 6.45) is 6.80. The largest absolute Gasteiger partial charge is 0.493 e. The highest BCUT2D eigenvalue weighted by Crippen LogP contribution is 2.35. The summed E-state index contributed by atoms with van der Waals surface area (Å²) in [6.45, 7) is 0. The van der Waals surface area contributed by atoms with Crippen molar-refractivity contribution in [2.45, 2.75) is 38.5 Å². The van der Waals surface area contributed by atoms with Gasteiger partial charge in [-0.1, -0.05) is 25.7 Å². The highest BCUT2D eigenvalue weighted by molar-refractivity contribution is 9.10. The van der Waals surface area contributed by atoms with Crippen molar-refractivity contribution < 1.29 is 14.3 Å². The van der Waals surface area contributed by atoms with E-state index in [0.29, 0.717) is 23.5 Å². The van der Waals surface area contributed by atoms with Gasteiger partial charge in [-0.25, -0.2) is 0 Å². The van der Waals surface area contributed by atoms with Crippen LogP contribution >= 0.6 is 15.9 Å². The van der Waals surface area contributed by atoms with Crippen LogP contribution in [0.4, 0.5) is 0 Å². The molecule has 0 radical (unpaired) electrons. The van der Waals surface area contributed by atoms with E-state index in [1.807, 2.05) is 0 Å². The molecule has 0 unspecified atom stereocenters. The number of carbonyl (C=O) groups is 1. The van der Waals surface area contributed by atoms with Gasteiger partial charge in [-0.15, -0.1) is 0 Å². The van der Waals surface area contributed by atoms with Crippen LogP contribution in [0.1, 0.15) is 48.9 Å². The van der Waals surface area contributed by atoms with Crippen LogP contribution in [0.3, 0.4) is 0 Å². The number of methoxy groups -OCH3 is 2. The highest BCUT2D eigenvalue weighted by atomic mass is 79.9. The molecule has 2 rings (SSSR count). The lowest BCUT2D eigenvalue weighted by Gasteiger charge is -2.12. The smallest absolute Gasteiger partial charge is 0.164 e. The summed E-state index contributed by atoms with van der Waals surface area (Å²) < 4.78 is 11.3. The maximum Gasteiger partial charge on any atom is 0.164 e. The minimum absolute atomic E-state index is 0.171. The van der Waals surface area contributed by atoms with E-state index in [-0.39, 0.29) is 5.78 Å². The number of hydrogen-bond donors (Lipinski definition) is 0. The first-order valence-corrected chi connectivity index (χ1v) is 7.89. The molecule has 1 fully saturated rings. The Kier molecular flexibility index (Phi) is 5.46. The lowest BCUT2D eigenvalue weighted by Crippen LogP contribution is -2.05. The molecule has 0 amide bonds. The van der Waals surface area contributed by atoms with E-state index < -0.39 is 0 Å². The molecule has 3 nitrogen and oxygen atoms in total. The molecule has 110 valence electrons. The Morgan fingerprint density at radius 3 is 2.40 bits per heavy atom. The van der Waals surface area contributed by atoms with Gasteiger partial charge in [-0.05, 0) is 40.4 Å². The van der Waals surface area contributed by atoms with Crippen LogP contribution in [0.25, 0.3) is 0 Å². The van der Waals surface area contributed by atoms with Crippen LogP contribution in [0.15, 0.2) is 16.6 Å². The van der Waals surface area contributed by atoms with Crippen LogP contribution in [-0.4, -0.2) is 20.0 Å². The molecule has 0 saturated heterocycles. The molecule has 1 aromatic carbocycles. The molecule has 1 aromatic rings. The van der Waals surface area contributed by atoms with Gasteiger partial charge < -0.3 is 9.47 Å². The van der Waals surface area contributed by atoms with Crippen molar-refractivity contribution in [2.24, 2.45) is 5.92 Å². The molecule has 0 spiro atoms. The predicted octanol–water partition coefficient (Wildman–Crippen LogP) is 4.62. The predicted molar refractivity (Wildman–Crippen MR) is 82.8 cm³/mol. The van der Waals surface area contributed by atoms with Crippen molar-refractivity contribution in [3.05, 3.63) is 22.2 Å². The van der Waals surface area contributed by atoms with Gasteiger partial charge in [0, 0.05) is 16.5 Å². The van der Waals surface area contributed by atoms with Gasteiger partial charge in [0.15, 0.2) is 17.3 Å². The molecule has 0 heterocycles. The van der Waals surface area contributed by atoms with Gasteiger partial charge >= 0.3 is 0 Å². The zero-order valence-corrected chi connectivity index (χ0v) is 13.7. The number of halogens is 1. The van der Waals surface area contributed by atoms with Crippen molar-refractivity contribution in [1.82, 2.24) is 0 Å². The molecule has 1 aliphatic rings. The summed E-state index contributed by atoms with van der Waals surface area (Å²) in [4.78, 5) is 12.4. The zero-order valence-electron chi connectivity index (χ0n) is 12.1. The SMILES string of the molecule is COc1cc(Br)c(C(=O)CCC2CCCC2)cc1OC. The summed E-state index contributed by atoms with van der Waals surface area (Å²) in [7, 11) is 3.17. The molecule has 1 aliphatic carbocycles. The minimum Gasteiger partial charge on any atom is -0.493 e. The van der Waals surface area contributed by atoms with E-state index in [9.17, 15) is 4.79 Å². The molecule has 0 atom stereocenters. The zero-order chi connectivity index (χ0) is 14.5. The topological polar surface area (TPSA) is 35.5 Å². The average Bonchev–Trinajstić information content (AvgIpc) is 2.97. The first-order valence-electron chi connectivity index (χ1n) is 7.10. The molecule has 0 bridgehead atoms. The number of Topliss-reactive ketones (excluding diaryl/α,β-unsaturated/α-hetero) is 1. The fourth-order valence-corrected chi connectivity index (χ4v) is 3.38. The average molecular weight is 341 g/mol. The Hall–Kier alpha value is -1.03. The Bertz CT molecular complexity index is 479.